The molecule has 0 aliphatic carbocycles. The van der Waals surface area contributed by atoms with E-state index in [0.717, 1.165) is 162 Å². The van der Waals surface area contributed by atoms with Gasteiger partial charge in [0.2, 0.25) is 0 Å². The van der Waals surface area contributed by atoms with Crippen LogP contribution in [-0.4, -0.2) is 145 Å². The van der Waals surface area contributed by atoms with Gasteiger partial charge in [-0.1, -0.05) is 0 Å². The van der Waals surface area contributed by atoms with Crippen molar-refractivity contribution < 1.29 is 38.4 Å². The van der Waals surface area contributed by atoms with Crippen LogP contribution in [-0.2, 0) is 0 Å². The number of carbonyl (C=O) groups excluding carboxylic acids is 8. The average molecular weight is 2160 g/mol. The molecule has 8 rings (SSSR count). The standard InChI is InChI=1S/2C9H10NO.2C8H7OS.2C7H3Cl2O.2C7H4ClO.8C4H9.4Sn/c2*1-10(2)9-5-3-8(7-11)4-6-9;2*1-10-8-4-2-7(6-9)3-5-8;2*8-6-2-1-3-7(9)5(6)4-10;2*8-7-3-1-6(5-9)2-4-7;8*1-3-4-2;;;;/h2*3-6H,1-2H3;2*2-5H,1H3;2*1-3H;2*1-4H;8*1,3-4H2,2H3;;;;. The minimum absolute atomic E-state index is 0.0998. The van der Waals surface area contributed by atoms with E-state index in [9.17, 15) is 38.4 Å². The van der Waals surface area contributed by atoms with Gasteiger partial charge in [-0.2, -0.15) is 0 Å². The van der Waals surface area contributed by atoms with Gasteiger partial charge in [0.1, 0.15) is 0 Å². The van der Waals surface area contributed by atoms with Crippen LogP contribution in [0.5, 0.6) is 0 Å². The maximum absolute atomic E-state index is 14.0. The van der Waals surface area contributed by atoms with Crippen LogP contribution in [0, 0.1) is 0 Å². The Hall–Kier alpha value is -3.65. The van der Waals surface area contributed by atoms with Gasteiger partial charge in [0.15, 0.2) is 0 Å². The fraction of sp³-hybridized carbons (Fsp3) is 0.404. The third-order valence-electron chi connectivity index (χ3n) is 21.7. The summed E-state index contributed by atoms with van der Waals surface area (Å²) in [6.45, 7) is 16.9. The Morgan fingerprint density at radius 1 is 0.259 bits per heavy atom. The molecule has 0 atom stereocenters. The minimum atomic E-state index is -4.26. The normalized spacial score (nSPS) is 11.4. The monoisotopic (exact) mass is 2160 g/mol. The van der Waals surface area contributed by atoms with Crippen LogP contribution in [0.3, 0.4) is 0 Å². The van der Waals surface area contributed by atoms with Crippen LogP contribution in [0.4, 0.5) is 11.4 Å². The number of thioether (sulfide) groups is 2. The van der Waals surface area contributed by atoms with Crippen LogP contribution in [0.25, 0.3) is 0 Å². The van der Waals surface area contributed by atoms with E-state index in [1.54, 1.807) is 108 Å². The van der Waals surface area contributed by atoms with E-state index >= 15 is 0 Å². The Labute approximate surface area is 748 Å². The molecule has 22 heteroatoms. The molecular formula is C94H120Cl6N2O8S2Sn4. The molecule has 8 aromatic rings. The zero-order valence-corrected chi connectivity index (χ0v) is 88.1. The van der Waals surface area contributed by atoms with Crippen molar-refractivity contribution in [3.05, 3.63) is 257 Å². The molecule has 0 aliphatic heterocycles. The Balaban J connectivity index is 0.000000276. The molecule has 0 fully saturated rings. The molecule has 0 aromatic heterocycles. The number of halogens is 6. The SMILES string of the molecule is CCC[CH2][Sn]([CH2]CCC)([C](=O)c1c(Cl)cccc1Cl)[C](=O)c1c(Cl)cccc1Cl.CCC[CH2][Sn]([CH2]CCC)([C](=O)c1ccc(Cl)cc1)[C](=O)c1ccc(Cl)cc1.CCC[CH2][Sn]([CH2]CCC)([C](=O)c1ccc(N(C)C)cc1)[C](=O)c1ccc(N(C)C)cc1.CCC[CH2][Sn]([CH2]CCC)([C](=O)c1ccc(SC)cc1)[C](=O)c1ccc(SC)cc1. The molecule has 0 amide bonds. The Kier molecular flexibility index (Phi) is 46.8. The number of unbranched alkanes of at least 4 members (excludes halogenated alkanes) is 8. The molecule has 0 bridgehead atoms. The van der Waals surface area contributed by atoms with Crippen LogP contribution in [0.2, 0.25) is 65.6 Å². The molecule has 0 aliphatic rings. The summed E-state index contributed by atoms with van der Waals surface area (Å²) in [5.74, 6) is 0. The van der Waals surface area contributed by atoms with Gasteiger partial charge in [-0.15, -0.1) is 0 Å². The summed E-state index contributed by atoms with van der Waals surface area (Å²) in [6.07, 6.45) is 19.1. The third-order valence-corrected chi connectivity index (χ3v) is 78.8. The summed E-state index contributed by atoms with van der Waals surface area (Å²) in [5.41, 5.74) is 6.83. The molecule has 0 unspecified atom stereocenters. The van der Waals surface area contributed by atoms with Crippen molar-refractivity contribution >= 4 is 208 Å². The number of hydrogen-bond donors (Lipinski definition) is 0. The van der Waals surface area contributed by atoms with E-state index in [-0.39, 0.29) is 61.6 Å². The molecule has 0 N–H and O–H groups in total. The summed E-state index contributed by atoms with van der Waals surface area (Å²) in [7, 11) is 7.96. The summed E-state index contributed by atoms with van der Waals surface area (Å²) in [6, 6.07) is 55.3. The quantitative estimate of drug-likeness (QED) is 0.0265. The van der Waals surface area contributed by atoms with Gasteiger partial charge in [-0.3, -0.25) is 0 Å². The maximum atomic E-state index is 14.0. The van der Waals surface area contributed by atoms with E-state index in [2.05, 4.69) is 55.4 Å². The van der Waals surface area contributed by atoms with Crippen molar-refractivity contribution in [3.8, 4) is 0 Å². The van der Waals surface area contributed by atoms with Crippen molar-refractivity contribution in [1.29, 1.82) is 0 Å². The molecule has 8 aromatic carbocycles. The van der Waals surface area contributed by atoms with Gasteiger partial charge < -0.3 is 0 Å². The second-order valence-electron chi connectivity index (χ2n) is 30.3. The molecule has 0 radical (unpaired) electrons. The predicted molar refractivity (Wildman–Crippen MR) is 509 cm³/mol. The topological polar surface area (TPSA) is 143 Å². The van der Waals surface area contributed by atoms with Crippen molar-refractivity contribution in [2.75, 3.05) is 50.5 Å². The zero-order valence-electron chi connectivity index (χ0n) is 70.5. The number of hydrogen-bond acceptors (Lipinski definition) is 12. The molecule has 10 nitrogen and oxygen atoms in total. The first-order valence-corrected chi connectivity index (χ1v) is 73.4. The Morgan fingerprint density at radius 2 is 0.431 bits per heavy atom. The molecule has 624 valence electrons. The molecule has 0 saturated carbocycles. The number of rotatable bonds is 44. The molecule has 0 spiro atoms. The van der Waals surface area contributed by atoms with E-state index in [0.29, 0.717) is 41.2 Å². The van der Waals surface area contributed by atoms with Crippen molar-refractivity contribution in [2.24, 2.45) is 0 Å². The summed E-state index contributed by atoms with van der Waals surface area (Å²) in [5, 5.41) is 2.34. The summed E-state index contributed by atoms with van der Waals surface area (Å²) < 4.78 is 6.53. The van der Waals surface area contributed by atoms with E-state index < -0.39 is 73.5 Å². The average Bonchev–Trinajstić information content (AvgIpc) is 0.734. The zero-order chi connectivity index (χ0) is 85.8. The summed E-state index contributed by atoms with van der Waals surface area (Å²) >= 11 is 24.9. The second kappa shape index (κ2) is 52.7. The van der Waals surface area contributed by atoms with E-state index in [4.69, 9.17) is 69.6 Å². The van der Waals surface area contributed by atoms with Gasteiger partial charge in [0, 0.05) is 0 Å². The number of carbonyl (C=O) groups is 8. The van der Waals surface area contributed by atoms with Gasteiger partial charge in [0.05, 0.1) is 0 Å². The van der Waals surface area contributed by atoms with E-state index in [1.807, 2.05) is 148 Å². The predicted octanol–water partition coefficient (Wildman–Crippen LogP) is 29.0. The molecular weight excluding hydrogens is 2040 g/mol. The van der Waals surface area contributed by atoms with Gasteiger partial charge in [0.25, 0.3) is 0 Å². The fourth-order valence-electron chi connectivity index (χ4n) is 14.6. The number of benzene rings is 8. The van der Waals surface area contributed by atoms with E-state index in [1.165, 1.54) is 0 Å². The number of nitrogens with zero attached hydrogens (tertiary/aromatic N) is 2. The Bertz CT molecular complexity index is 4150. The molecule has 116 heavy (non-hydrogen) atoms. The Morgan fingerprint density at radius 3 is 0.603 bits per heavy atom. The van der Waals surface area contributed by atoms with Crippen molar-refractivity contribution in [2.45, 2.75) is 203 Å². The van der Waals surface area contributed by atoms with Crippen LogP contribution in [0.1, 0.15) is 241 Å². The van der Waals surface area contributed by atoms with Crippen LogP contribution in [0.15, 0.2) is 192 Å². The van der Waals surface area contributed by atoms with Crippen LogP contribution < -0.4 is 9.80 Å². The second-order valence-corrected chi connectivity index (χ2v) is 81.1. The van der Waals surface area contributed by atoms with Gasteiger partial charge in [-0.05, 0) is 0 Å². The van der Waals surface area contributed by atoms with Crippen LogP contribution >= 0.6 is 93.1 Å². The summed E-state index contributed by atoms with van der Waals surface area (Å²) in [4.78, 5) is 117. The third kappa shape index (κ3) is 28.2. The van der Waals surface area contributed by atoms with Gasteiger partial charge in [-0.25, -0.2) is 0 Å². The van der Waals surface area contributed by atoms with Crippen molar-refractivity contribution in [3.63, 3.8) is 0 Å². The van der Waals surface area contributed by atoms with Gasteiger partial charge >= 0.3 is 757 Å². The fourth-order valence-corrected chi connectivity index (χ4v) is 71.8. The first-order chi connectivity index (χ1) is 55.5. The first kappa shape index (κ1) is 103. The van der Waals surface area contributed by atoms with Crippen molar-refractivity contribution in [1.82, 2.24) is 0 Å². The number of anilines is 2. The molecule has 0 heterocycles. The molecule has 0 saturated heterocycles. The first-order valence-electron chi connectivity index (χ1n) is 41.1.